The minimum atomic E-state index is -0.748. The lowest BCUT2D eigenvalue weighted by molar-refractivity contribution is -0.384. The molecule has 0 radical (unpaired) electrons. The van der Waals surface area contributed by atoms with Gasteiger partial charge in [0.05, 0.1) is 24.7 Å². The average molecular weight is 371 g/mol. The molecule has 0 N–H and O–H groups in total. The number of esters is 1. The molecule has 8 heteroatoms. The van der Waals surface area contributed by atoms with E-state index in [1.807, 2.05) is 0 Å². The fourth-order valence-electron chi connectivity index (χ4n) is 2.20. The van der Waals surface area contributed by atoms with E-state index in [2.05, 4.69) is 0 Å². The van der Waals surface area contributed by atoms with Gasteiger partial charge in [-0.15, -0.1) is 0 Å². The van der Waals surface area contributed by atoms with Crippen LogP contribution in [-0.2, 0) is 9.53 Å². The largest absolute Gasteiger partial charge is 0.497 e. The first-order chi connectivity index (χ1) is 12.9. The molecule has 0 fully saturated rings. The monoisotopic (exact) mass is 371 g/mol. The number of nitrogens with zero attached hydrogens (tertiary/aromatic N) is 1. The molecule has 0 saturated heterocycles. The maximum absolute atomic E-state index is 12.2. The molecule has 2 rings (SSSR count). The maximum atomic E-state index is 12.2. The molecule has 0 atom stereocenters. The molecule has 0 amide bonds. The third-order valence-electron chi connectivity index (χ3n) is 3.55. The van der Waals surface area contributed by atoms with Gasteiger partial charge in [0.2, 0.25) is 5.78 Å². The zero-order valence-corrected chi connectivity index (χ0v) is 14.7. The molecule has 0 aliphatic rings. The minimum absolute atomic E-state index is 0.0905. The first kappa shape index (κ1) is 19.6. The standard InChI is InChI=1S/C19H17NO7/c1-25-15-7-8-16(18(11-15)26-2)17(21)12-27-19(22)9-6-13-4-3-5-14(10-13)20(23)24/h3-11H,12H2,1-2H3/b9-6+. The van der Waals surface area contributed by atoms with Crippen LogP contribution in [-0.4, -0.2) is 37.5 Å². The van der Waals surface area contributed by atoms with Crippen molar-refractivity contribution in [1.82, 2.24) is 0 Å². The number of nitro benzene ring substituents is 1. The molecule has 0 aliphatic carbocycles. The third kappa shape index (κ3) is 5.40. The van der Waals surface area contributed by atoms with E-state index in [-0.39, 0.29) is 11.3 Å². The summed E-state index contributed by atoms with van der Waals surface area (Å²) in [6.07, 6.45) is 2.46. The molecule has 2 aromatic carbocycles. The number of ether oxygens (including phenoxy) is 3. The van der Waals surface area contributed by atoms with Crippen molar-refractivity contribution in [3.63, 3.8) is 0 Å². The zero-order chi connectivity index (χ0) is 19.8. The molecule has 0 unspecified atom stereocenters. The van der Waals surface area contributed by atoms with Gasteiger partial charge in [-0.3, -0.25) is 14.9 Å². The quantitative estimate of drug-likeness (QED) is 0.231. The molecule has 0 saturated carbocycles. The van der Waals surface area contributed by atoms with Crippen molar-refractivity contribution in [3.8, 4) is 11.5 Å². The summed E-state index contributed by atoms with van der Waals surface area (Å²) in [7, 11) is 2.91. The van der Waals surface area contributed by atoms with E-state index in [1.54, 1.807) is 18.2 Å². The Bertz CT molecular complexity index is 889. The van der Waals surface area contributed by atoms with E-state index in [0.29, 0.717) is 17.1 Å². The molecule has 0 aromatic heterocycles. The van der Waals surface area contributed by atoms with Crippen molar-refractivity contribution in [2.45, 2.75) is 0 Å². The van der Waals surface area contributed by atoms with Gasteiger partial charge in [0.25, 0.3) is 5.69 Å². The number of hydrogen-bond acceptors (Lipinski definition) is 7. The number of nitro groups is 1. The highest BCUT2D eigenvalue weighted by Gasteiger charge is 2.15. The first-order valence-corrected chi connectivity index (χ1v) is 7.79. The van der Waals surface area contributed by atoms with Crippen LogP contribution in [0.3, 0.4) is 0 Å². The van der Waals surface area contributed by atoms with Gasteiger partial charge in [-0.1, -0.05) is 12.1 Å². The SMILES string of the molecule is COc1ccc(C(=O)COC(=O)/C=C/c2cccc([N+](=O)[O-])c2)c(OC)c1. The molecular formula is C19H17NO7. The van der Waals surface area contributed by atoms with Crippen LogP contribution in [0, 0.1) is 10.1 Å². The van der Waals surface area contributed by atoms with Gasteiger partial charge < -0.3 is 14.2 Å². The van der Waals surface area contributed by atoms with Crippen LogP contribution < -0.4 is 9.47 Å². The van der Waals surface area contributed by atoms with Gasteiger partial charge in [0, 0.05) is 24.3 Å². The molecule has 27 heavy (non-hydrogen) atoms. The van der Waals surface area contributed by atoms with E-state index >= 15 is 0 Å². The second kappa shape index (κ2) is 9.14. The topological polar surface area (TPSA) is 105 Å². The number of benzene rings is 2. The molecule has 0 spiro atoms. The number of hydrogen-bond donors (Lipinski definition) is 0. The lowest BCUT2D eigenvalue weighted by atomic mass is 10.1. The number of Topliss-reactive ketones (excluding diaryl/α,β-unsaturated/α-hetero) is 1. The fraction of sp³-hybridized carbons (Fsp3) is 0.158. The lowest BCUT2D eigenvalue weighted by Gasteiger charge is -2.09. The molecule has 2 aromatic rings. The van der Waals surface area contributed by atoms with E-state index in [4.69, 9.17) is 14.2 Å². The van der Waals surface area contributed by atoms with Crippen LogP contribution >= 0.6 is 0 Å². The first-order valence-electron chi connectivity index (χ1n) is 7.79. The number of rotatable bonds is 8. The number of carbonyl (C=O) groups excluding carboxylic acids is 2. The van der Waals surface area contributed by atoms with Gasteiger partial charge in [-0.25, -0.2) is 4.79 Å². The summed E-state index contributed by atoms with van der Waals surface area (Å²) in [6, 6.07) is 10.4. The van der Waals surface area contributed by atoms with Crippen LogP contribution in [0.5, 0.6) is 11.5 Å². The van der Waals surface area contributed by atoms with Gasteiger partial charge in [-0.05, 0) is 23.8 Å². The predicted octanol–water partition coefficient (Wildman–Crippen LogP) is 3.05. The molecule has 8 nitrogen and oxygen atoms in total. The highest BCUT2D eigenvalue weighted by molar-refractivity contribution is 6.01. The summed E-state index contributed by atoms with van der Waals surface area (Å²) in [5, 5.41) is 10.7. The molecule has 140 valence electrons. The summed E-state index contributed by atoms with van der Waals surface area (Å²) in [5.74, 6) is -0.350. The Labute approximate surface area is 155 Å². The summed E-state index contributed by atoms with van der Waals surface area (Å²) in [6.45, 7) is -0.471. The number of methoxy groups -OCH3 is 2. The van der Waals surface area contributed by atoms with Gasteiger partial charge in [0.15, 0.2) is 6.61 Å². The second-order valence-electron chi connectivity index (χ2n) is 5.28. The Kier molecular flexibility index (Phi) is 6.65. The van der Waals surface area contributed by atoms with Crippen molar-refractivity contribution >= 4 is 23.5 Å². The van der Waals surface area contributed by atoms with Crippen LogP contribution in [0.2, 0.25) is 0 Å². The minimum Gasteiger partial charge on any atom is -0.497 e. The number of non-ortho nitro benzene ring substituents is 1. The summed E-state index contributed by atoms with van der Waals surface area (Å²) < 4.78 is 15.1. The Hall–Kier alpha value is -3.68. The molecular weight excluding hydrogens is 354 g/mol. The summed E-state index contributed by atoms with van der Waals surface area (Å²) in [5.41, 5.74) is 0.630. The average Bonchev–Trinajstić information content (AvgIpc) is 2.70. The van der Waals surface area contributed by atoms with Crippen LogP contribution in [0.15, 0.2) is 48.5 Å². The van der Waals surface area contributed by atoms with Crippen molar-refractivity contribution in [1.29, 1.82) is 0 Å². The third-order valence-corrected chi connectivity index (χ3v) is 3.55. The predicted molar refractivity (Wildman–Crippen MR) is 97.0 cm³/mol. The normalized spacial score (nSPS) is 10.4. The second-order valence-corrected chi connectivity index (χ2v) is 5.28. The van der Waals surface area contributed by atoms with Crippen LogP contribution in [0.1, 0.15) is 15.9 Å². The Morgan fingerprint density at radius 3 is 2.56 bits per heavy atom. The molecule has 0 bridgehead atoms. The molecule has 0 aliphatic heterocycles. The highest BCUT2D eigenvalue weighted by atomic mass is 16.6. The Morgan fingerprint density at radius 1 is 1.11 bits per heavy atom. The Balaban J connectivity index is 1.98. The highest BCUT2D eigenvalue weighted by Crippen LogP contribution is 2.25. The van der Waals surface area contributed by atoms with Gasteiger partial charge in [-0.2, -0.15) is 0 Å². The van der Waals surface area contributed by atoms with E-state index in [9.17, 15) is 19.7 Å². The number of carbonyl (C=O) groups is 2. The number of ketones is 1. The fourth-order valence-corrected chi connectivity index (χ4v) is 2.20. The zero-order valence-electron chi connectivity index (χ0n) is 14.7. The van der Waals surface area contributed by atoms with E-state index in [0.717, 1.165) is 6.08 Å². The summed E-state index contributed by atoms with van der Waals surface area (Å²) >= 11 is 0. The van der Waals surface area contributed by atoms with E-state index in [1.165, 1.54) is 44.6 Å². The Morgan fingerprint density at radius 2 is 1.89 bits per heavy atom. The van der Waals surface area contributed by atoms with Crippen molar-refractivity contribution < 1.29 is 28.7 Å². The maximum Gasteiger partial charge on any atom is 0.331 e. The van der Waals surface area contributed by atoms with Crippen molar-refractivity contribution in [3.05, 3.63) is 69.8 Å². The van der Waals surface area contributed by atoms with Gasteiger partial charge >= 0.3 is 5.97 Å². The van der Waals surface area contributed by atoms with Gasteiger partial charge in [0.1, 0.15) is 11.5 Å². The molecule has 0 heterocycles. The van der Waals surface area contributed by atoms with Crippen molar-refractivity contribution in [2.24, 2.45) is 0 Å². The smallest absolute Gasteiger partial charge is 0.331 e. The lowest BCUT2D eigenvalue weighted by Crippen LogP contribution is -2.13. The van der Waals surface area contributed by atoms with E-state index < -0.39 is 23.3 Å². The van der Waals surface area contributed by atoms with Crippen LogP contribution in [0.4, 0.5) is 5.69 Å². The summed E-state index contributed by atoms with van der Waals surface area (Å²) in [4.78, 5) is 34.2. The van der Waals surface area contributed by atoms with Crippen molar-refractivity contribution in [2.75, 3.05) is 20.8 Å². The van der Waals surface area contributed by atoms with Crippen LogP contribution in [0.25, 0.3) is 6.08 Å².